The molecular formula is C21H19ClN2O4. The summed E-state index contributed by atoms with van der Waals surface area (Å²) in [5.41, 5.74) is 3.83. The fraction of sp³-hybridized carbons (Fsp3) is 0.190. The first kappa shape index (κ1) is 19.6. The van der Waals surface area contributed by atoms with Gasteiger partial charge in [0.05, 0.1) is 17.1 Å². The minimum Gasteiger partial charge on any atom is -0.462 e. The normalized spacial score (nSPS) is 10.7. The van der Waals surface area contributed by atoms with Gasteiger partial charge in [-0.05, 0) is 55.3 Å². The van der Waals surface area contributed by atoms with Crippen molar-refractivity contribution in [3.05, 3.63) is 86.6 Å². The SMILES string of the molecule is CCOC(=O)c1cc(-c2ccc([N+](=O)[O-])cc2)n(Cc2ccc(Cl)cc2)c1C. The zero-order valence-electron chi connectivity index (χ0n) is 15.5. The number of carbonyl (C=O) groups is 1. The molecule has 3 aromatic rings. The van der Waals surface area contributed by atoms with Gasteiger partial charge in [-0.25, -0.2) is 4.79 Å². The molecule has 0 saturated carbocycles. The summed E-state index contributed by atoms with van der Waals surface area (Å²) in [6.07, 6.45) is 0. The lowest BCUT2D eigenvalue weighted by molar-refractivity contribution is -0.384. The fourth-order valence-electron chi connectivity index (χ4n) is 3.03. The number of non-ortho nitro benzene ring substituents is 1. The molecule has 6 nitrogen and oxygen atoms in total. The number of ether oxygens (including phenoxy) is 1. The minimum atomic E-state index is -0.439. The Morgan fingerprint density at radius 1 is 1.14 bits per heavy atom. The number of rotatable bonds is 6. The van der Waals surface area contributed by atoms with Gasteiger partial charge in [0.2, 0.25) is 0 Å². The Morgan fingerprint density at radius 2 is 1.79 bits per heavy atom. The van der Waals surface area contributed by atoms with Gasteiger partial charge in [-0.15, -0.1) is 0 Å². The number of nitro benzene ring substituents is 1. The van der Waals surface area contributed by atoms with Crippen LogP contribution in [0.25, 0.3) is 11.3 Å². The standard InChI is InChI=1S/C21H19ClN2O4/c1-3-28-21(25)19-12-20(16-6-10-18(11-7-16)24(26)27)23(14(19)2)13-15-4-8-17(22)9-5-15/h4-12H,3,13H2,1-2H3. The van der Waals surface area contributed by atoms with Crippen LogP contribution >= 0.6 is 11.6 Å². The summed E-state index contributed by atoms with van der Waals surface area (Å²) in [7, 11) is 0. The number of carbonyl (C=O) groups excluding carboxylic acids is 1. The molecule has 0 fully saturated rings. The van der Waals surface area contributed by atoms with Crippen molar-refractivity contribution in [2.45, 2.75) is 20.4 Å². The third-order valence-corrected chi connectivity index (χ3v) is 4.74. The van der Waals surface area contributed by atoms with E-state index in [4.69, 9.17) is 16.3 Å². The lowest BCUT2D eigenvalue weighted by Crippen LogP contribution is -2.08. The van der Waals surface area contributed by atoms with Crippen LogP contribution in [0.15, 0.2) is 54.6 Å². The monoisotopic (exact) mass is 398 g/mol. The number of nitrogens with zero attached hydrogens (tertiary/aromatic N) is 2. The van der Waals surface area contributed by atoms with Crippen molar-refractivity contribution in [1.82, 2.24) is 4.57 Å². The molecule has 0 atom stereocenters. The van der Waals surface area contributed by atoms with Crippen molar-refractivity contribution in [2.24, 2.45) is 0 Å². The Kier molecular flexibility index (Phi) is 5.80. The van der Waals surface area contributed by atoms with Gasteiger partial charge in [-0.1, -0.05) is 23.7 Å². The molecule has 0 aliphatic rings. The van der Waals surface area contributed by atoms with E-state index in [1.54, 1.807) is 25.1 Å². The number of esters is 1. The van der Waals surface area contributed by atoms with Crippen molar-refractivity contribution < 1.29 is 14.5 Å². The number of aromatic nitrogens is 1. The second-order valence-electron chi connectivity index (χ2n) is 6.27. The van der Waals surface area contributed by atoms with Crippen LogP contribution in [0.4, 0.5) is 5.69 Å². The predicted molar refractivity (Wildman–Crippen MR) is 108 cm³/mol. The largest absolute Gasteiger partial charge is 0.462 e. The third-order valence-electron chi connectivity index (χ3n) is 4.49. The van der Waals surface area contributed by atoms with Gasteiger partial charge in [-0.3, -0.25) is 10.1 Å². The number of hydrogen-bond donors (Lipinski definition) is 0. The summed E-state index contributed by atoms with van der Waals surface area (Å²) in [5, 5.41) is 11.6. The second kappa shape index (κ2) is 8.27. The van der Waals surface area contributed by atoms with E-state index in [1.807, 2.05) is 35.8 Å². The maximum absolute atomic E-state index is 12.4. The van der Waals surface area contributed by atoms with Crippen molar-refractivity contribution in [2.75, 3.05) is 6.61 Å². The molecule has 0 radical (unpaired) electrons. The molecule has 0 unspecified atom stereocenters. The number of benzene rings is 2. The third kappa shape index (κ3) is 4.07. The van der Waals surface area contributed by atoms with Crippen LogP contribution < -0.4 is 0 Å². The summed E-state index contributed by atoms with van der Waals surface area (Å²) in [4.78, 5) is 22.9. The molecule has 0 amide bonds. The lowest BCUT2D eigenvalue weighted by atomic mass is 10.1. The van der Waals surface area contributed by atoms with Gasteiger partial charge in [0.25, 0.3) is 5.69 Å². The van der Waals surface area contributed by atoms with Crippen LogP contribution in [-0.4, -0.2) is 22.1 Å². The van der Waals surface area contributed by atoms with Gasteiger partial charge in [0.15, 0.2) is 0 Å². The molecule has 2 aromatic carbocycles. The Labute approximate surface area is 167 Å². The van der Waals surface area contributed by atoms with Crippen LogP contribution in [0.5, 0.6) is 0 Å². The van der Waals surface area contributed by atoms with Crippen LogP contribution in [0.2, 0.25) is 5.02 Å². The van der Waals surface area contributed by atoms with E-state index in [-0.39, 0.29) is 12.3 Å². The Hall–Kier alpha value is -3.12. The van der Waals surface area contributed by atoms with Crippen molar-refractivity contribution >= 4 is 23.3 Å². The second-order valence-corrected chi connectivity index (χ2v) is 6.70. The first-order valence-electron chi connectivity index (χ1n) is 8.77. The maximum Gasteiger partial charge on any atom is 0.339 e. The molecule has 7 heteroatoms. The van der Waals surface area contributed by atoms with E-state index in [9.17, 15) is 14.9 Å². The average molecular weight is 399 g/mol. The molecule has 0 aliphatic carbocycles. The van der Waals surface area contributed by atoms with E-state index in [0.29, 0.717) is 17.1 Å². The molecule has 0 aliphatic heterocycles. The molecule has 28 heavy (non-hydrogen) atoms. The highest BCUT2D eigenvalue weighted by Crippen LogP contribution is 2.29. The number of halogens is 1. The average Bonchev–Trinajstić information content (AvgIpc) is 3.00. The van der Waals surface area contributed by atoms with E-state index >= 15 is 0 Å². The molecule has 0 spiro atoms. The van der Waals surface area contributed by atoms with Crippen LogP contribution in [0, 0.1) is 17.0 Å². The first-order valence-corrected chi connectivity index (χ1v) is 9.15. The number of nitro groups is 1. The van der Waals surface area contributed by atoms with Crippen LogP contribution in [-0.2, 0) is 11.3 Å². The quantitative estimate of drug-likeness (QED) is 0.323. The highest BCUT2D eigenvalue weighted by molar-refractivity contribution is 6.30. The summed E-state index contributed by atoms with van der Waals surface area (Å²) in [6.45, 7) is 4.43. The molecule has 3 rings (SSSR count). The topological polar surface area (TPSA) is 74.4 Å². The molecular weight excluding hydrogens is 380 g/mol. The van der Waals surface area contributed by atoms with Gasteiger partial charge in [0, 0.05) is 35.1 Å². The fourth-order valence-corrected chi connectivity index (χ4v) is 3.16. The molecule has 0 N–H and O–H groups in total. The van der Waals surface area contributed by atoms with Crippen LogP contribution in [0.3, 0.4) is 0 Å². The molecule has 1 heterocycles. The number of hydrogen-bond acceptors (Lipinski definition) is 4. The Morgan fingerprint density at radius 3 is 2.36 bits per heavy atom. The zero-order valence-corrected chi connectivity index (χ0v) is 16.3. The smallest absolute Gasteiger partial charge is 0.339 e. The van der Waals surface area contributed by atoms with E-state index < -0.39 is 10.9 Å². The molecule has 0 saturated heterocycles. The van der Waals surface area contributed by atoms with Crippen molar-refractivity contribution in [1.29, 1.82) is 0 Å². The van der Waals surface area contributed by atoms with Gasteiger partial charge >= 0.3 is 5.97 Å². The van der Waals surface area contributed by atoms with E-state index in [2.05, 4.69) is 0 Å². The molecule has 1 aromatic heterocycles. The summed E-state index contributed by atoms with van der Waals surface area (Å²) in [6, 6.07) is 15.5. The predicted octanol–water partition coefficient (Wildman–Crippen LogP) is 5.25. The van der Waals surface area contributed by atoms with Crippen molar-refractivity contribution in [3.63, 3.8) is 0 Å². The summed E-state index contributed by atoms with van der Waals surface area (Å²) in [5.74, 6) is -0.391. The maximum atomic E-state index is 12.4. The summed E-state index contributed by atoms with van der Waals surface area (Å²) < 4.78 is 7.17. The molecule has 0 bridgehead atoms. The Bertz CT molecular complexity index is 1010. The van der Waals surface area contributed by atoms with Gasteiger partial charge in [-0.2, -0.15) is 0 Å². The summed E-state index contributed by atoms with van der Waals surface area (Å²) >= 11 is 5.97. The van der Waals surface area contributed by atoms with Gasteiger partial charge < -0.3 is 9.30 Å². The van der Waals surface area contributed by atoms with E-state index in [0.717, 1.165) is 22.5 Å². The highest BCUT2D eigenvalue weighted by atomic mass is 35.5. The zero-order chi connectivity index (χ0) is 20.3. The Balaban J connectivity index is 2.08. The van der Waals surface area contributed by atoms with E-state index in [1.165, 1.54) is 12.1 Å². The lowest BCUT2D eigenvalue weighted by Gasteiger charge is -2.12. The highest BCUT2D eigenvalue weighted by Gasteiger charge is 2.20. The van der Waals surface area contributed by atoms with Crippen molar-refractivity contribution in [3.8, 4) is 11.3 Å². The van der Waals surface area contributed by atoms with Crippen LogP contribution in [0.1, 0.15) is 28.5 Å². The first-order chi connectivity index (χ1) is 13.4. The van der Waals surface area contributed by atoms with Gasteiger partial charge in [0.1, 0.15) is 0 Å². The molecule has 144 valence electrons. The minimum absolute atomic E-state index is 0.0156.